The fourth-order valence-electron chi connectivity index (χ4n) is 2.52. The maximum atomic E-state index is 11.5. The van der Waals surface area contributed by atoms with Crippen LogP contribution in [0.5, 0.6) is 23.0 Å². The van der Waals surface area contributed by atoms with Gasteiger partial charge >= 0.3 is 0 Å². The second-order valence-electron chi connectivity index (χ2n) is 5.18. The molecule has 132 valence electrons. The van der Waals surface area contributed by atoms with E-state index in [1.165, 1.54) is 21.3 Å². The molecule has 0 fully saturated rings. The van der Waals surface area contributed by atoms with Crippen molar-refractivity contribution in [3.05, 3.63) is 47.5 Å². The predicted octanol–water partition coefficient (Wildman–Crippen LogP) is 2.64. The molecule has 0 aliphatic rings. The van der Waals surface area contributed by atoms with Crippen molar-refractivity contribution in [2.24, 2.45) is 5.73 Å². The summed E-state index contributed by atoms with van der Waals surface area (Å²) in [5, 5.41) is 0. The summed E-state index contributed by atoms with van der Waals surface area (Å²) in [7, 11) is 6.14. The highest BCUT2D eigenvalue weighted by molar-refractivity contribution is 5.91. The molecule has 0 saturated heterocycles. The molecule has 25 heavy (non-hydrogen) atoms. The number of methoxy groups -OCH3 is 4. The number of hydrogen-bond acceptors (Lipinski definition) is 6. The largest absolute Gasteiger partial charge is 0.497 e. The summed E-state index contributed by atoms with van der Waals surface area (Å²) in [6.07, 6.45) is 0. The second-order valence-corrected chi connectivity index (χ2v) is 5.18. The summed E-state index contributed by atoms with van der Waals surface area (Å²) in [6.45, 7) is 0. The van der Waals surface area contributed by atoms with Crippen molar-refractivity contribution >= 4 is 11.5 Å². The van der Waals surface area contributed by atoms with Crippen molar-refractivity contribution in [1.82, 2.24) is 0 Å². The lowest BCUT2D eigenvalue weighted by molar-refractivity contribution is 0.323. The molecule has 2 aromatic carbocycles. The van der Waals surface area contributed by atoms with Gasteiger partial charge in [0.05, 0.1) is 40.1 Å². The lowest BCUT2D eigenvalue weighted by Gasteiger charge is -2.18. The van der Waals surface area contributed by atoms with Gasteiger partial charge in [-0.05, 0) is 35.4 Å². The standard InChI is InChI=1S/C19H21NO5/c1-22-14-7-5-12(6-8-14)15(11-21)18(20)13-9-16(23-2)19(25-4)17(10-13)24-3/h5-10,18H,20H2,1-4H3. The van der Waals surface area contributed by atoms with Crippen LogP contribution in [0.3, 0.4) is 0 Å². The number of ether oxygens (including phenoxy) is 4. The molecule has 2 N–H and O–H groups in total. The fraction of sp³-hybridized carbons (Fsp3) is 0.263. The Balaban J connectivity index is 2.46. The summed E-state index contributed by atoms with van der Waals surface area (Å²) in [4.78, 5) is 11.5. The predicted molar refractivity (Wildman–Crippen MR) is 95.1 cm³/mol. The van der Waals surface area contributed by atoms with Gasteiger partial charge in [0.1, 0.15) is 11.7 Å². The minimum Gasteiger partial charge on any atom is -0.497 e. The smallest absolute Gasteiger partial charge is 0.203 e. The average molecular weight is 343 g/mol. The fourth-order valence-corrected chi connectivity index (χ4v) is 2.52. The van der Waals surface area contributed by atoms with E-state index in [4.69, 9.17) is 24.7 Å². The van der Waals surface area contributed by atoms with E-state index in [1.807, 2.05) is 5.94 Å². The van der Waals surface area contributed by atoms with Crippen molar-refractivity contribution in [3.8, 4) is 23.0 Å². The first-order valence-corrected chi connectivity index (χ1v) is 7.54. The summed E-state index contributed by atoms with van der Waals surface area (Å²) in [5.74, 6) is 4.03. The molecule has 0 aromatic heterocycles. The van der Waals surface area contributed by atoms with Crippen LogP contribution in [0.25, 0.3) is 5.57 Å². The topological polar surface area (TPSA) is 80.0 Å². The molecule has 1 atom stereocenters. The van der Waals surface area contributed by atoms with E-state index in [2.05, 4.69) is 0 Å². The molecule has 6 heteroatoms. The monoisotopic (exact) mass is 343 g/mol. The molecule has 0 heterocycles. The van der Waals surface area contributed by atoms with Gasteiger partial charge in [0, 0.05) is 0 Å². The van der Waals surface area contributed by atoms with Crippen LogP contribution in [0.15, 0.2) is 36.4 Å². The van der Waals surface area contributed by atoms with Gasteiger partial charge in [-0.2, -0.15) is 0 Å². The van der Waals surface area contributed by atoms with Crippen molar-refractivity contribution in [1.29, 1.82) is 0 Å². The van der Waals surface area contributed by atoms with Gasteiger partial charge in [-0.25, -0.2) is 4.79 Å². The minimum absolute atomic E-state index is 0.317. The Morgan fingerprint density at radius 2 is 1.48 bits per heavy atom. The number of rotatable bonds is 7. The Labute approximate surface area is 146 Å². The van der Waals surface area contributed by atoms with Gasteiger partial charge < -0.3 is 24.7 Å². The molecule has 0 aliphatic carbocycles. The first kappa shape index (κ1) is 18.4. The zero-order chi connectivity index (χ0) is 18.4. The van der Waals surface area contributed by atoms with Gasteiger partial charge in [-0.3, -0.25) is 0 Å². The zero-order valence-corrected chi connectivity index (χ0v) is 14.7. The summed E-state index contributed by atoms with van der Waals surface area (Å²) < 4.78 is 21.1. The van der Waals surface area contributed by atoms with Crippen LogP contribution < -0.4 is 24.7 Å². The minimum atomic E-state index is -0.709. The first-order chi connectivity index (χ1) is 12.1. The van der Waals surface area contributed by atoms with E-state index < -0.39 is 6.04 Å². The maximum absolute atomic E-state index is 11.5. The molecule has 0 bridgehead atoms. The van der Waals surface area contributed by atoms with E-state index >= 15 is 0 Å². The van der Waals surface area contributed by atoms with Gasteiger partial charge in [0.25, 0.3) is 0 Å². The normalized spacial score (nSPS) is 11.2. The molecule has 0 spiro atoms. The van der Waals surface area contributed by atoms with Gasteiger partial charge in [0.15, 0.2) is 11.5 Å². The first-order valence-electron chi connectivity index (χ1n) is 7.54. The Hall–Kier alpha value is -2.95. The van der Waals surface area contributed by atoms with E-state index in [0.717, 1.165) is 0 Å². The molecule has 1 unspecified atom stereocenters. The van der Waals surface area contributed by atoms with Gasteiger partial charge in [0.2, 0.25) is 5.75 Å². The van der Waals surface area contributed by atoms with Crippen molar-refractivity contribution in [3.63, 3.8) is 0 Å². The average Bonchev–Trinajstić information content (AvgIpc) is 2.67. The van der Waals surface area contributed by atoms with Gasteiger partial charge in [-0.1, -0.05) is 12.1 Å². The van der Waals surface area contributed by atoms with E-state index in [-0.39, 0.29) is 0 Å². The summed E-state index contributed by atoms with van der Waals surface area (Å²) in [6, 6.07) is 9.76. The highest BCUT2D eigenvalue weighted by Crippen LogP contribution is 2.41. The van der Waals surface area contributed by atoms with Crippen molar-refractivity contribution < 1.29 is 23.7 Å². The molecule has 2 aromatic rings. The Bertz CT molecular complexity index is 754. The Morgan fingerprint density at radius 1 is 0.920 bits per heavy atom. The number of carbonyl (C=O) groups excluding carboxylic acids is 1. The highest BCUT2D eigenvalue weighted by atomic mass is 16.5. The van der Waals surface area contributed by atoms with Crippen LogP contribution >= 0.6 is 0 Å². The molecule has 0 amide bonds. The third-order valence-electron chi connectivity index (χ3n) is 3.87. The molecule has 0 radical (unpaired) electrons. The zero-order valence-electron chi connectivity index (χ0n) is 14.7. The van der Waals surface area contributed by atoms with Crippen LogP contribution in [0, 0.1) is 0 Å². The maximum Gasteiger partial charge on any atom is 0.203 e. The van der Waals surface area contributed by atoms with E-state index in [9.17, 15) is 4.79 Å². The summed E-state index contributed by atoms with van der Waals surface area (Å²) >= 11 is 0. The van der Waals surface area contributed by atoms with Gasteiger partial charge in [-0.15, -0.1) is 0 Å². The van der Waals surface area contributed by atoms with Crippen molar-refractivity contribution in [2.45, 2.75) is 6.04 Å². The molecule has 0 saturated carbocycles. The van der Waals surface area contributed by atoms with Crippen LogP contribution in [0.1, 0.15) is 17.2 Å². The lowest BCUT2D eigenvalue weighted by Crippen LogP contribution is -2.14. The molecular weight excluding hydrogens is 322 g/mol. The van der Waals surface area contributed by atoms with Crippen LogP contribution in [0.4, 0.5) is 0 Å². The Morgan fingerprint density at radius 3 is 1.88 bits per heavy atom. The third-order valence-corrected chi connectivity index (χ3v) is 3.87. The Kier molecular flexibility index (Phi) is 6.06. The number of nitrogens with two attached hydrogens (primary N) is 1. The third kappa shape index (κ3) is 3.76. The molecule has 2 rings (SSSR count). The van der Waals surface area contributed by atoms with Crippen LogP contribution in [-0.2, 0) is 4.79 Å². The number of benzene rings is 2. The molecule has 0 aliphatic heterocycles. The van der Waals surface area contributed by atoms with E-state index in [0.29, 0.717) is 39.7 Å². The lowest BCUT2D eigenvalue weighted by atomic mass is 9.94. The quantitative estimate of drug-likeness (QED) is 0.779. The summed E-state index contributed by atoms with van der Waals surface area (Å²) in [5.41, 5.74) is 7.93. The SMILES string of the molecule is COc1ccc(C(=C=O)C(N)c2cc(OC)c(OC)c(OC)c2)cc1. The highest BCUT2D eigenvalue weighted by Gasteiger charge is 2.21. The van der Waals surface area contributed by atoms with E-state index in [1.54, 1.807) is 43.5 Å². The number of hydrogen-bond donors (Lipinski definition) is 1. The molecular formula is C19H21NO5. The van der Waals surface area contributed by atoms with Crippen LogP contribution in [0.2, 0.25) is 0 Å². The second kappa shape index (κ2) is 8.24. The molecule has 6 nitrogen and oxygen atoms in total. The van der Waals surface area contributed by atoms with Crippen molar-refractivity contribution in [2.75, 3.05) is 28.4 Å². The van der Waals surface area contributed by atoms with Crippen LogP contribution in [-0.4, -0.2) is 34.4 Å².